The molecule has 1 aromatic rings. The van der Waals surface area contributed by atoms with E-state index in [1.165, 1.54) is 0 Å². The molecule has 0 bridgehead atoms. The Balaban J connectivity index is 1.34. The Morgan fingerprint density at radius 1 is 1.35 bits per heavy atom. The molecule has 0 aromatic heterocycles. The second kappa shape index (κ2) is 6.11. The highest BCUT2D eigenvalue weighted by Crippen LogP contribution is 2.61. The summed E-state index contributed by atoms with van der Waals surface area (Å²) >= 11 is 0. The zero-order valence-corrected chi connectivity index (χ0v) is 13.7. The number of likely N-dealkylation sites (tertiary alicyclic amines) is 1. The van der Waals surface area contributed by atoms with Gasteiger partial charge in [-0.05, 0) is 34.9 Å². The summed E-state index contributed by atoms with van der Waals surface area (Å²) in [5.41, 5.74) is 1.40. The first kappa shape index (κ1) is 15.7. The largest absolute Gasteiger partial charge is 0.492 e. The van der Waals surface area contributed by atoms with Gasteiger partial charge in [-0.3, -0.25) is 0 Å². The van der Waals surface area contributed by atoms with Gasteiger partial charge < -0.3 is 15.0 Å². The predicted octanol–water partition coefficient (Wildman–Crippen LogP) is 2.43. The van der Waals surface area contributed by atoms with Crippen LogP contribution in [0.1, 0.15) is 19.4 Å². The highest BCUT2D eigenvalue weighted by molar-refractivity contribution is 5.74. The number of nitrogens with one attached hydrogen (secondary N) is 1. The number of ether oxygens (including phenoxy) is 1. The number of benzene rings is 1. The Morgan fingerprint density at radius 2 is 2.00 bits per heavy atom. The number of nitrogens with zero attached hydrogens (tertiary/aromatic N) is 2. The van der Waals surface area contributed by atoms with Crippen LogP contribution in [-0.4, -0.2) is 37.2 Å². The Labute approximate surface area is 137 Å². The van der Waals surface area contributed by atoms with Crippen molar-refractivity contribution in [2.24, 2.45) is 17.3 Å². The summed E-state index contributed by atoms with van der Waals surface area (Å²) < 4.78 is 5.60. The van der Waals surface area contributed by atoms with Crippen molar-refractivity contribution in [3.05, 3.63) is 29.8 Å². The van der Waals surface area contributed by atoms with Crippen LogP contribution < -0.4 is 10.1 Å². The summed E-state index contributed by atoms with van der Waals surface area (Å²) in [4.78, 5) is 14.0. The molecule has 1 saturated heterocycles. The number of amides is 2. The number of urea groups is 1. The van der Waals surface area contributed by atoms with Crippen LogP contribution in [0.3, 0.4) is 0 Å². The molecule has 1 aliphatic heterocycles. The van der Waals surface area contributed by atoms with Gasteiger partial charge in [-0.25, -0.2) is 4.79 Å². The van der Waals surface area contributed by atoms with Gasteiger partial charge in [0.1, 0.15) is 12.4 Å². The summed E-state index contributed by atoms with van der Waals surface area (Å²) in [6.07, 6.45) is 0.408. The van der Waals surface area contributed by atoms with E-state index < -0.39 is 0 Å². The molecule has 1 N–H and O–H groups in total. The van der Waals surface area contributed by atoms with E-state index in [2.05, 4.69) is 25.2 Å². The van der Waals surface area contributed by atoms with Gasteiger partial charge in [-0.1, -0.05) is 26.0 Å². The predicted molar refractivity (Wildman–Crippen MR) is 87.0 cm³/mol. The molecule has 1 aromatic carbocycles. The summed E-state index contributed by atoms with van der Waals surface area (Å²) in [7, 11) is 0. The molecule has 0 radical (unpaired) electrons. The Morgan fingerprint density at radius 3 is 2.61 bits per heavy atom. The van der Waals surface area contributed by atoms with E-state index in [1.54, 1.807) is 0 Å². The SMILES string of the molecule is CC1(C)[C@@H]2CN(C(=O)NCCOc3ccc(CC#N)cc3)C[C@@H]21. The van der Waals surface area contributed by atoms with Gasteiger partial charge >= 0.3 is 6.03 Å². The molecule has 23 heavy (non-hydrogen) atoms. The lowest BCUT2D eigenvalue weighted by Crippen LogP contribution is -2.42. The van der Waals surface area contributed by atoms with Crippen LogP contribution in [0.25, 0.3) is 0 Å². The van der Waals surface area contributed by atoms with E-state index in [1.807, 2.05) is 29.2 Å². The molecule has 1 saturated carbocycles. The molecule has 2 atom stereocenters. The molecular weight excluding hydrogens is 290 g/mol. The maximum atomic E-state index is 12.1. The zero-order valence-electron chi connectivity index (χ0n) is 13.7. The van der Waals surface area contributed by atoms with Gasteiger partial charge in [-0.15, -0.1) is 0 Å². The Hall–Kier alpha value is -2.22. The molecule has 2 aliphatic rings. The molecule has 2 fully saturated rings. The van der Waals surface area contributed by atoms with E-state index in [4.69, 9.17) is 10.00 Å². The topological polar surface area (TPSA) is 65.4 Å². The third-order valence-corrected chi connectivity index (χ3v) is 5.26. The lowest BCUT2D eigenvalue weighted by Gasteiger charge is -2.22. The minimum Gasteiger partial charge on any atom is -0.492 e. The van der Waals surface area contributed by atoms with Crippen LogP contribution in [0.15, 0.2) is 24.3 Å². The van der Waals surface area contributed by atoms with Gasteiger partial charge in [-0.2, -0.15) is 5.26 Å². The van der Waals surface area contributed by atoms with Crippen LogP contribution in [0.4, 0.5) is 4.79 Å². The number of nitriles is 1. The third-order valence-electron chi connectivity index (χ3n) is 5.26. The van der Waals surface area contributed by atoms with E-state index in [-0.39, 0.29) is 6.03 Å². The van der Waals surface area contributed by atoms with Gasteiger partial charge in [0, 0.05) is 13.1 Å². The van der Waals surface area contributed by atoms with Crippen molar-refractivity contribution >= 4 is 6.03 Å². The van der Waals surface area contributed by atoms with Crippen molar-refractivity contribution in [1.29, 1.82) is 5.26 Å². The second-order valence-electron chi connectivity index (χ2n) is 7.00. The van der Waals surface area contributed by atoms with Gasteiger partial charge in [0.2, 0.25) is 0 Å². The standard InChI is InChI=1S/C18H23N3O2/c1-18(2)15-11-21(12-16(15)18)17(22)20-9-10-23-14-5-3-13(4-6-14)7-8-19/h3-6,15-16H,7,9-12H2,1-2H3,(H,20,22)/t15-,16+. The summed E-state index contributed by atoms with van der Waals surface area (Å²) in [5, 5.41) is 11.5. The Kier molecular flexibility index (Phi) is 4.16. The summed E-state index contributed by atoms with van der Waals surface area (Å²) in [6, 6.07) is 9.60. The third kappa shape index (κ3) is 3.26. The number of rotatable bonds is 5. The minimum absolute atomic E-state index is 0.0148. The maximum absolute atomic E-state index is 12.1. The van der Waals surface area contributed by atoms with Crippen molar-refractivity contribution in [2.45, 2.75) is 20.3 Å². The van der Waals surface area contributed by atoms with E-state index in [0.29, 0.717) is 36.8 Å². The minimum atomic E-state index is 0.0148. The fourth-order valence-electron chi connectivity index (χ4n) is 3.53. The maximum Gasteiger partial charge on any atom is 0.317 e. The molecule has 0 spiro atoms. The van der Waals surface area contributed by atoms with Crippen LogP contribution in [0.2, 0.25) is 0 Å². The highest BCUT2D eigenvalue weighted by Gasteiger charge is 2.62. The molecule has 5 heteroatoms. The van der Waals surface area contributed by atoms with Gasteiger partial charge in [0.15, 0.2) is 0 Å². The van der Waals surface area contributed by atoms with Crippen LogP contribution in [-0.2, 0) is 6.42 Å². The average molecular weight is 313 g/mol. The molecule has 122 valence electrons. The summed E-state index contributed by atoms with van der Waals surface area (Å²) in [6.45, 7) is 7.26. The first-order chi connectivity index (χ1) is 11.0. The lowest BCUT2D eigenvalue weighted by molar-refractivity contribution is 0.193. The molecule has 1 aliphatic carbocycles. The van der Waals surface area contributed by atoms with Crippen LogP contribution >= 0.6 is 0 Å². The molecule has 0 unspecified atom stereocenters. The van der Waals surface area contributed by atoms with E-state index in [9.17, 15) is 4.79 Å². The number of carbonyl (C=O) groups excluding carboxylic acids is 1. The lowest BCUT2D eigenvalue weighted by atomic mass is 10.1. The quantitative estimate of drug-likeness (QED) is 0.849. The first-order valence-corrected chi connectivity index (χ1v) is 8.14. The van der Waals surface area contributed by atoms with Gasteiger partial charge in [0.05, 0.1) is 19.0 Å². The fraction of sp³-hybridized carbons (Fsp3) is 0.556. The molecule has 3 rings (SSSR count). The molecule has 5 nitrogen and oxygen atoms in total. The zero-order chi connectivity index (χ0) is 16.4. The van der Waals surface area contributed by atoms with Crippen molar-refractivity contribution in [2.75, 3.05) is 26.2 Å². The fourth-order valence-corrected chi connectivity index (χ4v) is 3.53. The number of piperidine rings is 1. The van der Waals surface area contributed by atoms with Crippen molar-refractivity contribution in [3.63, 3.8) is 0 Å². The highest BCUT2D eigenvalue weighted by atomic mass is 16.5. The number of hydrogen-bond donors (Lipinski definition) is 1. The first-order valence-electron chi connectivity index (χ1n) is 8.14. The van der Waals surface area contributed by atoms with Gasteiger partial charge in [0.25, 0.3) is 0 Å². The van der Waals surface area contributed by atoms with E-state index in [0.717, 1.165) is 24.4 Å². The summed E-state index contributed by atoms with van der Waals surface area (Å²) in [5.74, 6) is 2.11. The van der Waals surface area contributed by atoms with Crippen LogP contribution in [0, 0.1) is 28.6 Å². The molecule has 1 heterocycles. The number of hydrogen-bond acceptors (Lipinski definition) is 3. The number of carbonyl (C=O) groups is 1. The van der Waals surface area contributed by atoms with Crippen LogP contribution in [0.5, 0.6) is 5.75 Å². The van der Waals surface area contributed by atoms with Crippen molar-refractivity contribution in [3.8, 4) is 11.8 Å². The second-order valence-corrected chi connectivity index (χ2v) is 7.00. The Bertz CT molecular complexity index is 604. The average Bonchev–Trinajstić information content (AvgIpc) is 2.92. The van der Waals surface area contributed by atoms with Crippen molar-refractivity contribution in [1.82, 2.24) is 10.2 Å². The molecule has 2 amide bonds. The van der Waals surface area contributed by atoms with E-state index >= 15 is 0 Å². The monoisotopic (exact) mass is 313 g/mol. The molecular formula is C18H23N3O2. The normalized spacial score (nSPS) is 23.8. The smallest absolute Gasteiger partial charge is 0.317 e. The number of fused-ring (bicyclic) bond motifs is 1. The van der Waals surface area contributed by atoms with Crippen molar-refractivity contribution < 1.29 is 9.53 Å².